The van der Waals surface area contributed by atoms with Crippen molar-refractivity contribution in [3.63, 3.8) is 0 Å². The number of nitrogens with zero attached hydrogens (tertiary/aromatic N) is 2. The molecular weight excluding hydrogens is 525 g/mol. The van der Waals surface area contributed by atoms with Gasteiger partial charge in [0.05, 0.1) is 16.2 Å². The van der Waals surface area contributed by atoms with Crippen LogP contribution in [0.3, 0.4) is 0 Å². The summed E-state index contributed by atoms with van der Waals surface area (Å²) in [5, 5.41) is 4.38. The average molecular weight is 552 g/mol. The fourth-order valence-electron chi connectivity index (χ4n) is 5.89. The predicted octanol–water partition coefficient (Wildman–Crippen LogP) is 5.82. The van der Waals surface area contributed by atoms with Crippen molar-refractivity contribution in [2.24, 2.45) is 17.6 Å². The van der Waals surface area contributed by atoms with Crippen LogP contribution in [0.1, 0.15) is 25.7 Å². The van der Waals surface area contributed by atoms with Crippen molar-refractivity contribution in [1.82, 2.24) is 9.97 Å². The highest BCUT2D eigenvalue weighted by atomic mass is 35.5. The van der Waals surface area contributed by atoms with Gasteiger partial charge in [0.2, 0.25) is 5.95 Å². The molecule has 1 aromatic heterocycles. The van der Waals surface area contributed by atoms with Gasteiger partial charge in [0.1, 0.15) is 10.7 Å². The van der Waals surface area contributed by atoms with E-state index in [0.29, 0.717) is 35.4 Å². The summed E-state index contributed by atoms with van der Waals surface area (Å²) in [6.45, 7) is 0. The van der Waals surface area contributed by atoms with Gasteiger partial charge in [0, 0.05) is 23.7 Å². The lowest BCUT2D eigenvalue weighted by Gasteiger charge is -2.15. The number of aromatic nitrogens is 2. The normalized spacial score (nSPS) is 22.9. The van der Waals surface area contributed by atoms with Crippen LogP contribution in [0.25, 0.3) is 22.0 Å². The number of benzene rings is 3. The minimum Gasteiger partial charge on any atom is -0.351 e. The third-order valence-electron chi connectivity index (χ3n) is 7.64. The summed E-state index contributed by atoms with van der Waals surface area (Å²) in [5.74, 6) is 1.31. The summed E-state index contributed by atoms with van der Waals surface area (Å²) >= 11 is 6.01. The SMILES string of the molecule is NC1CC2CC(Nc3ncc4cc(-c5ccc(NS(=O)(=O)c6ccccc6Cl)c(F)c5)ccc4n3)CC2C1. The molecule has 10 heteroatoms. The zero-order chi connectivity index (χ0) is 26.4. The molecule has 2 fully saturated rings. The van der Waals surface area contributed by atoms with Crippen LogP contribution in [0.4, 0.5) is 16.0 Å². The summed E-state index contributed by atoms with van der Waals surface area (Å²) in [6, 6.07) is 16.7. The number of hydrogen-bond donors (Lipinski definition) is 3. The first-order valence-electron chi connectivity index (χ1n) is 12.6. The highest BCUT2D eigenvalue weighted by Gasteiger charge is 2.40. The minimum absolute atomic E-state index is 0.0595. The molecule has 0 amide bonds. The second-order valence-corrected chi connectivity index (χ2v) is 12.3. The van der Waals surface area contributed by atoms with Crippen LogP contribution in [0, 0.1) is 17.7 Å². The molecule has 2 saturated carbocycles. The van der Waals surface area contributed by atoms with Crippen LogP contribution in [-0.4, -0.2) is 30.5 Å². The summed E-state index contributed by atoms with van der Waals surface area (Å²) < 4.78 is 42.6. The molecule has 196 valence electrons. The molecule has 1 heterocycles. The number of nitrogens with two attached hydrogens (primary N) is 1. The Labute approximate surface area is 225 Å². The van der Waals surface area contributed by atoms with Crippen LogP contribution in [0.2, 0.25) is 5.02 Å². The molecule has 0 saturated heterocycles. The quantitative estimate of drug-likeness (QED) is 0.278. The summed E-state index contributed by atoms with van der Waals surface area (Å²) in [6.07, 6.45) is 6.20. The molecule has 6 rings (SSSR count). The van der Waals surface area contributed by atoms with Gasteiger partial charge in [-0.1, -0.05) is 35.9 Å². The Morgan fingerprint density at radius 3 is 2.39 bits per heavy atom. The molecule has 0 aliphatic heterocycles. The van der Waals surface area contributed by atoms with E-state index in [9.17, 15) is 12.8 Å². The van der Waals surface area contributed by atoms with E-state index in [0.717, 1.165) is 42.1 Å². The van der Waals surface area contributed by atoms with Crippen molar-refractivity contribution in [2.75, 3.05) is 10.0 Å². The van der Waals surface area contributed by atoms with Gasteiger partial charge in [0.15, 0.2) is 0 Å². The van der Waals surface area contributed by atoms with E-state index in [-0.39, 0.29) is 15.6 Å². The third kappa shape index (κ3) is 4.93. The molecule has 2 atom stereocenters. The number of sulfonamides is 1. The summed E-state index contributed by atoms with van der Waals surface area (Å²) in [7, 11) is -4.04. The Morgan fingerprint density at radius 2 is 1.66 bits per heavy atom. The molecule has 3 aromatic carbocycles. The Balaban J connectivity index is 1.18. The number of halogens is 2. The van der Waals surface area contributed by atoms with Gasteiger partial charge in [-0.2, -0.15) is 0 Å². The van der Waals surface area contributed by atoms with Crippen molar-refractivity contribution in [3.8, 4) is 11.1 Å². The Kier molecular flexibility index (Phi) is 6.45. The van der Waals surface area contributed by atoms with Gasteiger partial charge in [-0.05, 0) is 85.0 Å². The summed E-state index contributed by atoms with van der Waals surface area (Å²) in [4.78, 5) is 9.08. The maximum Gasteiger partial charge on any atom is 0.263 e. The lowest BCUT2D eigenvalue weighted by molar-refractivity contribution is 0.457. The van der Waals surface area contributed by atoms with Crippen molar-refractivity contribution in [1.29, 1.82) is 0 Å². The monoisotopic (exact) mass is 551 g/mol. The molecule has 0 spiro atoms. The molecule has 2 aliphatic rings. The molecule has 0 radical (unpaired) electrons. The predicted molar refractivity (Wildman–Crippen MR) is 148 cm³/mol. The maximum atomic E-state index is 14.9. The Bertz CT molecular complexity index is 1620. The van der Waals surface area contributed by atoms with E-state index in [1.807, 2.05) is 18.2 Å². The molecular formula is C28H27ClFN5O2S. The maximum absolute atomic E-state index is 14.9. The second kappa shape index (κ2) is 9.80. The van der Waals surface area contributed by atoms with Crippen molar-refractivity contribution >= 4 is 44.2 Å². The number of anilines is 2. The topological polar surface area (TPSA) is 110 Å². The molecule has 2 unspecified atom stereocenters. The highest BCUT2D eigenvalue weighted by Crippen LogP contribution is 2.44. The molecule has 4 aromatic rings. The van der Waals surface area contributed by atoms with Gasteiger partial charge in [-0.3, -0.25) is 4.72 Å². The van der Waals surface area contributed by atoms with Crippen LogP contribution in [0.15, 0.2) is 71.8 Å². The lowest BCUT2D eigenvalue weighted by Crippen LogP contribution is -2.21. The van der Waals surface area contributed by atoms with Gasteiger partial charge in [0.25, 0.3) is 10.0 Å². The minimum atomic E-state index is -4.04. The van der Waals surface area contributed by atoms with E-state index in [2.05, 4.69) is 20.0 Å². The smallest absolute Gasteiger partial charge is 0.263 e. The van der Waals surface area contributed by atoms with Crippen LogP contribution < -0.4 is 15.8 Å². The average Bonchev–Trinajstić information content (AvgIpc) is 3.41. The van der Waals surface area contributed by atoms with Gasteiger partial charge in [-0.15, -0.1) is 0 Å². The molecule has 38 heavy (non-hydrogen) atoms. The third-order valence-corrected chi connectivity index (χ3v) is 9.50. The number of nitrogens with one attached hydrogen (secondary N) is 2. The first-order chi connectivity index (χ1) is 18.2. The number of fused-ring (bicyclic) bond motifs is 2. The number of rotatable bonds is 6. The fourth-order valence-corrected chi connectivity index (χ4v) is 7.47. The van der Waals surface area contributed by atoms with Crippen molar-refractivity contribution in [2.45, 2.75) is 42.7 Å². The first-order valence-corrected chi connectivity index (χ1v) is 14.5. The Hall–Kier alpha value is -3.27. The van der Waals surface area contributed by atoms with E-state index < -0.39 is 15.8 Å². The zero-order valence-corrected chi connectivity index (χ0v) is 22.0. The van der Waals surface area contributed by atoms with Gasteiger partial charge < -0.3 is 11.1 Å². The largest absolute Gasteiger partial charge is 0.351 e. The van der Waals surface area contributed by atoms with Crippen LogP contribution >= 0.6 is 11.6 Å². The van der Waals surface area contributed by atoms with E-state index in [4.69, 9.17) is 17.3 Å². The van der Waals surface area contributed by atoms with Gasteiger partial charge >= 0.3 is 0 Å². The second-order valence-electron chi connectivity index (χ2n) is 10.3. The molecule has 4 N–H and O–H groups in total. The Morgan fingerprint density at radius 1 is 0.947 bits per heavy atom. The molecule has 2 aliphatic carbocycles. The van der Waals surface area contributed by atoms with Gasteiger partial charge in [-0.25, -0.2) is 22.8 Å². The van der Waals surface area contributed by atoms with E-state index in [1.165, 1.54) is 24.3 Å². The van der Waals surface area contributed by atoms with Crippen molar-refractivity contribution < 1.29 is 12.8 Å². The number of hydrogen-bond acceptors (Lipinski definition) is 6. The molecule has 0 bridgehead atoms. The van der Waals surface area contributed by atoms with E-state index in [1.54, 1.807) is 24.4 Å². The first kappa shape index (κ1) is 25.0. The lowest BCUT2D eigenvalue weighted by atomic mass is 10.0. The van der Waals surface area contributed by atoms with Crippen LogP contribution in [0.5, 0.6) is 0 Å². The zero-order valence-electron chi connectivity index (χ0n) is 20.4. The standard InChI is InChI=1S/C28H27ClFN5O2S/c29-23-3-1-2-4-27(23)38(36,37)35-26-8-6-17(14-24(26)30)16-5-7-25-20(9-16)15-32-28(34-25)33-22-12-18-10-21(31)11-19(18)13-22/h1-9,14-15,18-19,21-22,35H,10-13,31H2,(H,32,33,34). The van der Waals surface area contributed by atoms with Crippen molar-refractivity contribution in [3.05, 3.63) is 77.7 Å². The fraction of sp³-hybridized carbons (Fsp3) is 0.286. The summed E-state index contributed by atoms with van der Waals surface area (Å²) in [5.41, 5.74) is 8.10. The molecule has 7 nitrogen and oxygen atoms in total. The van der Waals surface area contributed by atoms with Crippen LogP contribution in [-0.2, 0) is 10.0 Å². The van der Waals surface area contributed by atoms with E-state index >= 15 is 0 Å². The highest BCUT2D eigenvalue weighted by molar-refractivity contribution is 7.92.